The molecule has 1 amide bonds. The smallest absolute Gasteiger partial charge is 0.324 e. The van der Waals surface area contributed by atoms with Crippen LogP contribution in [0, 0.1) is 11.8 Å². The number of aromatic amines is 2. The summed E-state index contributed by atoms with van der Waals surface area (Å²) in [6, 6.07) is 10.5. The zero-order valence-electron chi connectivity index (χ0n) is 13.6. The zero-order chi connectivity index (χ0) is 17.5. The fourth-order valence-corrected chi connectivity index (χ4v) is 2.14. The van der Waals surface area contributed by atoms with Crippen molar-refractivity contribution in [3.05, 3.63) is 68.5 Å². The maximum absolute atomic E-state index is 12.6. The van der Waals surface area contributed by atoms with Crippen LogP contribution in [0.1, 0.15) is 36.3 Å². The van der Waals surface area contributed by atoms with Crippen LogP contribution >= 0.6 is 0 Å². The number of hydrogen-bond donors (Lipinski definition) is 2. The molecule has 0 fully saturated rings. The summed E-state index contributed by atoms with van der Waals surface area (Å²) >= 11 is 0. The van der Waals surface area contributed by atoms with Crippen molar-refractivity contribution in [2.75, 3.05) is 6.54 Å². The monoisotopic (exact) mass is 325 g/mol. The van der Waals surface area contributed by atoms with Gasteiger partial charge in [-0.25, -0.2) is 4.79 Å². The van der Waals surface area contributed by atoms with Crippen molar-refractivity contribution >= 4 is 5.91 Å². The molecule has 2 N–H and O–H groups in total. The molecule has 1 heterocycles. The molecular formula is C18H19N3O3. The number of hydrogen-bond acceptors (Lipinski definition) is 3. The topological polar surface area (TPSA) is 86.0 Å². The Morgan fingerprint density at radius 3 is 2.54 bits per heavy atom. The highest BCUT2D eigenvalue weighted by atomic mass is 16.2. The van der Waals surface area contributed by atoms with E-state index in [2.05, 4.69) is 16.8 Å². The van der Waals surface area contributed by atoms with Gasteiger partial charge in [0.05, 0.1) is 6.54 Å². The van der Waals surface area contributed by atoms with Crippen LogP contribution < -0.4 is 11.2 Å². The summed E-state index contributed by atoms with van der Waals surface area (Å²) in [6.45, 7) is 4.06. The van der Waals surface area contributed by atoms with Crippen LogP contribution in [-0.4, -0.2) is 33.4 Å². The molecule has 0 unspecified atom stereocenters. The summed E-state index contributed by atoms with van der Waals surface area (Å²) in [5.41, 5.74) is -0.490. The second kappa shape index (κ2) is 7.97. The number of nitrogens with zero attached hydrogens (tertiary/aromatic N) is 1. The van der Waals surface area contributed by atoms with Crippen molar-refractivity contribution in [3.8, 4) is 11.8 Å². The second-order valence-corrected chi connectivity index (χ2v) is 5.36. The van der Waals surface area contributed by atoms with Crippen LogP contribution in [0.3, 0.4) is 0 Å². The average Bonchev–Trinajstić information content (AvgIpc) is 2.57. The van der Waals surface area contributed by atoms with Crippen LogP contribution in [-0.2, 0) is 0 Å². The van der Waals surface area contributed by atoms with Crippen molar-refractivity contribution in [1.82, 2.24) is 14.9 Å². The maximum Gasteiger partial charge on any atom is 0.326 e. The van der Waals surface area contributed by atoms with Crippen LogP contribution in [0.4, 0.5) is 0 Å². The summed E-state index contributed by atoms with van der Waals surface area (Å²) in [7, 11) is 0. The summed E-state index contributed by atoms with van der Waals surface area (Å²) in [4.78, 5) is 41.4. The summed E-state index contributed by atoms with van der Waals surface area (Å²) in [5.74, 6) is 5.55. The van der Waals surface area contributed by atoms with Crippen LogP contribution in [0.2, 0.25) is 0 Å². The van der Waals surface area contributed by atoms with Crippen molar-refractivity contribution in [2.45, 2.75) is 26.3 Å². The van der Waals surface area contributed by atoms with E-state index in [9.17, 15) is 14.4 Å². The van der Waals surface area contributed by atoms with E-state index < -0.39 is 17.2 Å². The molecule has 0 aliphatic rings. The Morgan fingerprint density at radius 1 is 1.21 bits per heavy atom. The number of aromatic nitrogens is 2. The molecule has 1 aromatic carbocycles. The lowest BCUT2D eigenvalue weighted by atomic mass is 10.2. The van der Waals surface area contributed by atoms with Gasteiger partial charge in [-0.05, 0) is 25.5 Å². The van der Waals surface area contributed by atoms with Crippen LogP contribution in [0.15, 0.2) is 46.0 Å². The molecule has 1 aromatic heterocycles. The maximum atomic E-state index is 12.6. The first-order valence-electron chi connectivity index (χ1n) is 7.69. The van der Waals surface area contributed by atoms with Gasteiger partial charge in [-0.1, -0.05) is 37.0 Å². The minimum Gasteiger partial charge on any atom is -0.324 e. The Morgan fingerprint density at radius 2 is 1.92 bits per heavy atom. The normalized spacial score (nSPS) is 11.2. The lowest BCUT2D eigenvalue weighted by Gasteiger charge is -2.26. The fraction of sp³-hybridized carbons (Fsp3) is 0.278. The highest BCUT2D eigenvalue weighted by Crippen LogP contribution is 2.07. The van der Waals surface area contributed by atoms with E-state index in [1.54, 1.807) is 4.90 Å². The molecule has 0 saturated heterocycles. The first-order chi connectivity index (χ1) is 11.5. The molecule has 2 rings (SSSR count). The Labute approximate surface area is 139 Å². The Bertz CT molecular complexity index is 844. The lowest BCUT2D eigenvalue weighted by molar-refractivity contribution is 0.0709. The van der Waals surface area contributed by atoms with Gasteiger partial charge in [0.25, 0.3) is 11.5 Å². The third-order valence-corrected chi connectivity index (χ3v) is 3.63. The van der Waals surface area contributed by atoms with Gasteiger partial charge in [0.2, 0.25) is 0 Å². The standard InChI is InChI=1S/C18H19N3O3/c1-3-13(2)21(11-7-10-14-8-5-4-6-9-14)17(23)15-12-16(22)20-18(24)19-15/h4-6,8-9,12-13H,3,11H2,1-2H3,(H2,19,20,22,24)/t13-/m0/s1. The average molecular weight is 325 g/mol. The van der Waals surface area contributed by atoms with E-state index in [4.69, 9.17) is 0 Å². The van der Waals surface area contributed by atoms with E-state index in [1.165, 1.54) is 0 Å². The molecule has 0 saturated carbocycles. The number of carbonyl (C=O) groups is 1. The quantitative estimate of drug-likeness (QED) is 0.832. The molecule has 124 valence electrons. The molecule has 0 aliphatic heterocycles. The first kappa shape index (κ1) is 17.3. The molecule has 0 bridgehead atoms. The molecule has 24 heavy (non-hydrogen) atoms. The van der Waals surface area contributed by atoms with Gasteiger partial charge in [0.1, 0.15) is 5.69 Å². The van der Waals surface area contributed by atoms with E-state index >= 15 is 0 Å². The third-order valence-electron chi connectivity index (χ3n) is 3.63. The van der Waals surface area contributed by atoms with E-state index in [1.807, 2.05) is 49.2 Å². The van der Waals surface area contributed by atoms with Crippen molar-refractivity contribution in [2.24, 2.45) is 0 Å². The molecule has 1 atom stereocenters. The largest absolute Gasteiger partial charge is 0.326 e. The number of H-pyrrole nitrogens is 2. The predicted molar refractivity (Wildman–Crippen MR) is 91.8 cm³/mol. The number of carbonyl (C=O) groups excluding carboxylic acids is 1. The Balaban J connectivity index is 2.25. The molecule has 2 aromatic rings. The summed E-state index contributed by atoms with van der Waals surface area (Å²) in [6.07, 6.45) is 0.728. The highest BCUT2D eigenvalue weighted by Gasteiger charge is 2.20. The van der Waals surface area contributed by atoms with Gasteiger partial charge in [-0.15, -0.1) is 0 Å². The Kier molecular flexibility index (Phi) is 5.74. The van der Waals surface area contributed by atoms with Gasteiger partial charge in [-0.2, -0.15) is 0 Å². The molecular weight excluding hydrogens is 306 g/mol. The zero-order valence-corrected chi connectivity index (χ0v) is 13.6. The van der Waals surface area contributed by atoms with Crippen LogP contribution in [0.25, 0.3) is 0 Å². The number of benzene rings is 1. The minimum absolute atomic E-state index is 0.0365. The van der Waals surface area contributed by atoms with E-state index in [0.717, 1.165) is 18.1 Å². The van der Waals surface area contributed by atoms with Gasteiger partial charge in [0.15, 0.2) is 0 Å². The van der Waals surface area contributed by atoms with Gasteiger partial charge in [-0.3, -0.25) is 14.6 Å². The molecule has 6 nitrogen and oxygen atoms in total. The highest BCUT2D eigenvalue weighted by molar-refractivity contribution is 5.92. The predicted octanol–water partition coefficient (Wildman–Crippen LogP) is 1.36. The third kappa shape index (κ3) is 4.46. The van der Waals surface area contributed by atoms with Crippen molar-refractivity contribution in [1.29, 1.82) is 0 Å². The minimum atomic E-state index is -0.703. The summed E-state index contributed by atoms with van der Waals surface area (Å²) < 4.78 is 0. The van der Waals surface area contributed by atoms with Crippen LogP contribution in [0.5, 0.6) is 0 Å². The first-order valence-corrected chi connectivity index (χ1v) is 7.69. The molecule has 6 heteroatoms. The lowest BCUT2D eigenvalue weighted by Crippen LogP contribution is -2.40. The van der Waals surface area contributed by atoms with Crippen molar-refractivity contribution < 1.29 is 4.79 Å². The number of rotatable bonds is 4. The van der Waals surface area contributed by atoms with Gasteiger partial charge < -0.3 is 9.88 Å². The van der Waals surface area contributed by atoms with E-state index in [-0.39, 0.29) is 18.3 Å². The molecule has 0 spiro atoms. The second-order valence-electron chi connectivity index (χ2n) is 5.36. The molecule has 0 aliphatic carbocycles. The van der Waals surface area contributed by atoms with Gasteiger partial charge in [0, 0.05) is 17.7 Å². The fourth-order valence-electron chi connectivity index (χ4n) is 2.14. The van der Waals surface area contributed by atoms with E-state index in [0.29, 0.717) is 0 Å². The van der Waals surface area contributed by atoms with Gasteiger partial charge >= 0.3 is 5.69 Å². The number of nitrogens with one attached hydrogen (secondary N) is 2. The molecule has 0 radical (unpaired) electrons. The SMILES string of the molecule is CC[C@H](C)N(CC#Cc1ccccc1)C(=O)c1cc(=O)[nH]c(=O)[nH]1. The Hall–Kier alpha value is -3.07. The number of amides is 1. The summed E-state index contributed by atoms with van der Waals surface area (Å²) in [5, 5.41) is 0. The van der Waals surface area contributed by atoms with Crippen molar-refractivity contribution in [3.63, 3.8) is 0 Å².